The molecule has 0 amide bonds. The molecule has 234 valence electrons. The molecule has 0 unspecified atom stereocenters. The van der Waals surface area contributed by atoms with Crippen molar-refractivity contribution < 1.29 is 31.1 Å². The van der Waals surface area contributed by atoms with E-state index in [1.54, 1.807) is 20.0 Å². The molecule has 43 heavy (non-hydrogen) atoms. The van der Waals surface area contributed by atoms with Crippen LogP contribution in [-0.4, -0.2) is 63.8 Å². The number of pyridine rings is 1. The van der Waals surface area contributed by atoms with Gasteiger partial charge in [-0.15, -0.1) is 5.10 Å². The molecule has 4 rings (SSSR count). The van der Waals surface area contributed by atoms with Crippen molar-refractivity contribution in [1.29, 1.82) is 5.41 Å². The van der Waals surface area contributed by atoms with Crippen LogP contribution in [0.15, 0.2) is 24.3 Å². The maximum absolute atomic E-state index is 13.6. The number of tetrazole rings is 1. The molecule has 1 atom stereocenters. The summed E-state index contributed by atoms with van der Waals surface area (Å²) in [6.07, 6.45) is -8.22. The summed E-state index contributed by atoms with van der Waals surface area (Å²) >= 11 is 0. The molecule has 1 saturated heterocycles. The van der Waals surface area contributed by atoms with Gasteiger partial charge in [-0.05, 0) is 61.7 Å². The summed E-state index contributed by atoms with van der Waals surface area (Å²) < 4.78 is 87.5. The summed E-state index contributed by atoms with van der Waals surface area (Å²) in [5.74, 6) is 0.975. The molecule has 1 aromatic carbocycles. The summed E-state index contributed by atoms with van der Waals surface area (Å²) in [7, 11) is 3.17. The average Bonchev–Trinajstić information content (AvgIpc) is 3.61. The summed E-state index contributed by atoms with van der Waals surface area (Å²) in [6.45, 7) is 4.79. The van der Waals surface area contributed by atoms with Gasteiger partial charge in [-0.3, -0.25) is 0 Å². The number of halogens is 6. The minimum atomic E-state index is -4.99. The van der Waals surface area contributed by atoms with Gasteiger partial charge in [-0.25, -0.2) is 4.98 Å². The number of hydrogen-bond donors (Lipinski definition) is 2. The molecule has 16 heteroatoms. The zero-order valence-electron chi connectivity index (χ0n) is 24.1. The van der Waals surface area contributed by atoms with Gasteiger partial charge in [-0.1, -0.05) is 5.10 Å². The highest BCUT2D eigenvalue weighted by Crippen LogP contribution is 2.37. The van der Waals surface area contributed by atoms with Crippen LogP contribution in [0.2, 0.25) is 0 Å². The van der Waals surface area contributed by atoms with Gasteiger partial charge in [0.15, 0.2) is 0 Å². The first-order valence-electron chi connectivity index (χ1n) is 13.6. The number of benzene rings is 1. The summed E-state index contributed by atoms with van der Waals surface area (Å²) in [5.41, 5.74) is -1.81. The van der Waals surface area contributed by atoms with Crippen LogP contribution < -0.4 is 15.1 Å². The Bertz CT molecular complexity index is 1400. The van der Waals surface area contributed by atoms with Gasteiger partial charge in [0.05, 0.1) is 24.3 Å². The second-order valence-corrected chi connectivity index (χ2v) is 10.3. The van der Waals surface area contributed by atoms with Gasteiger partial charge in [-0.2, -0.15) is 31.1 Å². The molecule has 1 fully saturated rings. The smallest absolute Gasteiger partial charge is 0.376 e. The van der Waals surface area contributed by atoms with Crippen LogP contribution in [0.4, 0.5) is 43.9 Å². The molecular weight excluding hydrogens is 580 g/mol. The monoisotopic (exact) mass is 613 g/mol. The van der Waals surface area contributed by atoms with Crippen LogP contribution in [0, 0.1) is 5.41 Å². The normalized spacial score (nSPS) is 15.5. The number of likely N-dealkylation sites (N-methyl/N-ethyl adjacent to an activating group) is 1. The number of alkyl halides is 6. The molecule has 1 aliphatic rings. The van der Waals surface area contributed by atoms with E-state index in [0.29, 0.717) is 54.6 Å². The zero-order valence-corrected chi connectivity index (χ0v) is 24.1. The van der Waals surface area contributed by atoms with Crippen LogP contribution in [0.1, 0.15) is 54.5 Å². The van der Waals surface area contributed by atoms with E-state index in [1.165, 1.54) is 11.9 Å². The van der Waals surface area contributed by atoms with E-state index in [4.69, 9.17) is 15.1 Å². The lowest BCUT2D eigenvalue weighted by molar-refractivity contribution is -0.143. The topological polar surface area (TPSA) is 108 Å². The highest BCUT2D eigenvalue weighted by atomic mass is 19.4. The molecule has 0 spiro atoms. The Morgan fingerprint density at radius 1 is 1.07 bits per heavy atom. The van der Waals surface area contributed by atoms with Gasteiger partial charge >= 0.3 is 12.4 Å². The summed E-state index contributed by atoms with van der Waals surface area (Å²) in [6, 6.07) is 3.21. The van der Waals surface area contributed by atoms with E-state index < -0.39 is 30.0 Å². The number of nitrogens with one attached hydrogen (secondary N) is 2. The number of aryl methyl sites for hydroxylation is 1. The van der Waals surface area contributed by atoms with E-state index in [9.17, 15) is 26.3 Å². The number of ether oxygens (including phenoxy) is 1. The Labute approximate surface area is 244 Å². The van der Waals surface area contributed by atoms with Crippen molar-refractivity contribution in [3.63, 3.8) is 0 Å². The maximum atomic E-state index is 13.6. The van der Waals surface area contributed by atoms with Crippen molar-refractivity contribution in [3.05, 3.63) is 52.1 Å². The Morgan fingerprint density at radius 2 is 1.74 bits per heavy atom. The van der Waals surface area contributed by atoms with Crippen LogP contribution in [0.25, 0.3) is 0 Å². The fourth-order valence-electron chi connectivity index (χ4n) is 4.95. The number of aromatic nitrogens is 5. The van der Waals surface area contributed by atoms with E-state index in [0.717, 1.165) is 17.6 Å². The summed E-state index contributed by atoms with van der Waals surface area (Å²) in [5, 5.41) is 23.3. The van der Waals surface area contributed by atoms with Crippen molar-refractivity contribution in [2.75, 3.05) is 41.9 Å². The minimum Gasteiger partial charge on any atom is -0.376 e. The van der Waals surface area contributed by atoms with Crippen LogP contribution in [0.3, 0.4) is 0 Å². The summed E-state index contributed by atoms with van der Waals surface area (Å²) in [4.78, 5) is 9.39. The third kappa shape index (κ3) is 7.72. The first-order chi connectivity index (χ1) is 20.2. The highest BCUT2D eigenvalue weighted by molar-refractivity contribution is 6.01. The quantitative estimate of drug-likeness (QED) is 0.222. The van der Waals surface area contributed by atoms with E-state index in [1.807, 2.05) is 11.8 Å². The number of rotatable bonds is 11. The molecule has 0 aliphatic carbocycles. The van der Waals surface area contributed by atoms with E-state index >= 15 is 0 Å². The van der Waals surface area contributed by atoms with Gasteiger partial charge in [0.25, 0.3) is 5.95 Å². The second-order valence-electron chi connectivity index (χ2n) is 10.3. The highest BCUT2D eigenvalue weighted by Gasteiger charge is 2.37. The number of anilines is 3. The Kier molecular flexibility index (Phi) is 9.47. The van der Waals surface area contributed by atoms with Gasteiger partial charge < -0.3 is 25.3 Å². The van der Waals surface area contributed by atoms with Crippen molar-refractivity contribution in [2.45, 2.75) is 58.2 Å². The molecule has 3 heterocycles. The second kappa shape index (κ2) is 12.7. The minimum absolute atomic E-state index is 0.00702. The number of hydrogen-bond acceptors (Lipinski definition) is 9. The lowest BCUT2D eigenvalue weighted by Crippen LogP contribution is -2.35. The Hall–Kier alpha value is -3.95. The van der Waals surface area contributed by atoms with Crippen molar-refractivity contribution in [1.82, 2.24) is 25.2 Å². The van der Waals surface area contributed by atoms with Crippen LogP contribution in [-0.2, 0) is 37.2 Å². The Morgan fingerprint density at radius 3 is 2.23 bits per heavy atom. The number of nitrogens with zero attached hydrogens (tertiary/aromatic N) is 7. The lowest BCUT2D eigenvalue weighted by atomic mass is 10.0. The van der Waals surface area contributed by atoms with E-state index in [2.05, 4.69) is 20.7 Å². The Balaban J connectivity index is 1.82. The molecule has 3 aromatic rings. The first kappa shape index (κ1) is 32.0. The van der Waals surface area contributed by atoms with Gasteiger partial charge in [0.1, 0.15) is 11.6 Å². The predicted octanol–water partition coefficient (Wildman–Crippen LogP) is 5.28. The molecule has 0 saturated carbocycles. The third-order valence-electron chi connectivity index (χ3n) is 7.01. The fraction of sp³-hybridized carbons (Fsp3) is 0.519. The lowest BCUT2D eigenvalue weighted by Gasteiger charge is -2.30. The van der Waals surface area contributed by atoms with E-state index in [-0.39, 0.29) is 35.9 Å². The van der Waals surface area contributed by atoms with Crippen LogP contribution >= 0.6 is 0 Å². The SMILES string of the molecule is CCN(C[C@H]1CCCO1)c1nc(NC)c(C(C)=N)cc1CN(Cc1cc(C(F)(F)F)cc(C(F)(F)F)c1)c1nnn(C)n1. The first-order valence-corrected chi connectivity index (χ1v) is 13.6. The molecular formula is C27H33F6N9O. The maximum Gasteiger partial charge on any atom is 0.416 e. The van der Waals surface area contributed by atoms with Crippen molar-refractivity contribution in [3.8, 4) is 0 Å². The van der Waals surface area contributed by atoms with Crippen LogP contribution in [0.5, 0.6) is 0 Å². The van der Waals surface area contributed by atoms with Gasteiger partial charge in [0.2, 0.25) is 0 Å². The average molecular weight is 614 g/mol. The van der Waals surface area contributed by atoms with Gasteiger partial charge in [0, 0.05) is 56.7 Å². The largest absolute Gasteiger partial charge is 0.416 e. The third-order valence-corrected chi connectivity index (χ3v) is 7.01. The fourth-order valence-corrected chi connectivity index (χ4v) is 4.95. The zero-order chi connectivity index (χ0) is 31.5. The molecule has 0 radical (unpaired) electrons. The molecule has 10 nitrogen and oxygen atoms in total. The molecule has 2 N–H and O–H groups in total. The van der Waals surface area contributed by atoms with Crippen molar-refractivity contribution >= 4 is 23.3 Å². The standard InChI is InChI=1S/C27H33F6N9O/c1-5-41(15-21-7-6-8-43-21)24-18(11-22(16(2)34)23(35-3)36-24)14-42(25-37-39-40(4)38-25)13-17-9-19(26(28,29)30)12-20(10-17)27(31,32)33/h9-12,21,34H,5-8,13-15H2,1-4H3,(H,35,36)/t21-/m1/s1. The van der Waals surface area contributed by atoms with Crippen molar-refractivity contribution in [2.24, 2.45) is 7.05 Å². The molecule has 2 aromatic heterocycles. The molecule has 0 bridgehead atoms. The molecule has 1 aliphatic heterocycles. The predicted molar refractivity (Wildman–Crippen MR) is 148 cm³/mol.